The predicted octanol–water partition coefficient (Wildman–Crippen LogP) is 2.32. The van der Waals surface area contributed by atoms with Crippen molar-refractivity contribution in [1.82, 2.24) is 4.90 Å². The van der Waals surface area contributed by atoms with Gasteiger partial charge < -0.3 is 19.5 Å². The molecule has 6 heteroatoms. The summed E-state index contributed by atoms with van der Waals surface area (Å²) < 4.78 is 11.1. The molecule has 0 aromatic heterocycles. The van der Waals surface area contributed by atoms with E-state index < -0.39 is 12.1 Å². The molecule has 0 radical (unpaired) electrons. The average molecular weight is 333 g/mol. The second-order valence-corrected chi connectivity index (χ2v) is 6.35. The number of hydrogen-bond donors (Lipinski definition) is 1. The number of nitrogens with zero attached hydrogens (tertiary/aromatic N) is 1. The normalized spacial score (nSPS) is 22.2. The molecule has 1 amide bonds. The molecule has 1 heterocycles. The number of carbonyl (C=O) groups excluding carboxylic acids is 1. The maximum Gasteiger partial charge on any atom is 0.334 e. The molecule has 0 bridgehead atoms. The van der Waals surface area contributed by atoms with Crippen molar-refractivity contribution in [2.45, 2.75) is 44.3 Å². The number of aliphatic carboxylic acids is 1. The smallest absolute Gasteiger partial charge is 0.334 e. The van der Waals surface area contributed by atoms with Crippen LogP contribution in [-0.4, -0.2) is 53.8 Å². The van der Waals surface area contributed by atoms with E-state index in [9.17, 15) is 9.59 Å². The van der Waals surface area contributed by atoms with Gasteiger partial charge in [-0.1, -0.05) is 6.42 Å². The van der Waals surface area contributed by atoms with Crippen molar-refractivity contribution in [3.05, 3.63) is 29.8 Å². The third-order valence-electron chi connectivity index (χ3n) is 4.59. The van der Waals surface area contributed by atoms with Gasteiger partial charge >= 0.3 is 5.97 Å². The SMILES string of the molecule is O=C(O)[C@H]1CN(C(=O)c2ccc(OC3CCCCC3)cc2)CCO1. The quantitative estimate of drug-likeness (QED) is 0.915. The Labute approximate surface area is 141 Å². The highest BCUT2D eigenvalue weighted by molar-refractivity contribution is 5.94. The number of hydrogen-bond acceptors (Lipinski definition) is 4. The number of carboxylic acids is 1. The lowest BCUT2D eigenvalue weighted by molar-refractivity contribution is -0.154. The molecular formula is C18H23NO5. The molecule has 3 rings (SSSR count). The third-order valence-corrected chi connectivity index (χ3v) is 4.59. The van der Waals surface area contributed by atoms with Crippen LogP contribution in [0.5, 0.6) is 5.75 Å². The lowest BCUT2D eigenvalue weighted by Crippen LogP contribution is -2.48. The van der Waals surface area contributed by atoms with E-state index in [4.69, 9.17) is 14.6 Å². The molecule has 0 unspecified atom stereocenters. The van der Waals surface area contributed by atoms with Crippen LogP contribution in [-0.2, 0) is 9.53 Å². The van der Waals surface area contributed by atoms with E-state index >= 15 is 0 Å². The van der Waals surface area contributed by atoms with Gasteiger partial charge in [-0.25, -0.2) is 4.79 Å². The van der Waals surface area contributed by atoms with Gasteiger partial charge in [0.2, 0.25) is 0 Å². The molecule has 1 atom stereocenters. The van der Waals surface area contributed by atoms with Gasteiger partial charge in [0.15, 0.2) is 6.10 Å². The van der Waals surface area contributed by atoms with Crippen molar-refractivity contribution >= 4 is 11.9 Å². The van der Waals surface area contributed by atoms with Crippen molar-refractivity contribution in [2.24, 2.45) is 0 Å². The molecule has 1 saturated heterocycles. The van der Waals surface area contributed by atoms with Crippen LogP contribution in [0.25, 0.3) is 0 Å². The summed E-state index contributed by atoms with van der Waals surface area (Å²) in [6, 6.07) is 7.12. The minimum atomic E-state index is -1.04. The number of rotatable bonds is 4. The zero-order valence-corrected chi connectivity index (χ0v) is 13.6. The van der Waals surface area contributed by atoms with Crippen LogP contribution in [0.3, 0.4) is 0 Å². The molecule has 2 aliphatic rings. The Kier molecular flexibility index (Phi) is 5.35. The van der Waals surface area contributed by atoms with Crippen LogP contribution in [0.2, 0.25) is 0 Å². The van der Waals surface area contributed by atoms with Crippen LogP contribution < -0.4 is 4.74 Å². The number of morpholine rings is 1. The third kappa shape index (κ3) is 4.06. The van der Waals surface area contributed by atoms with E-state index in [0.717, 1.165) is 18.6 Å². The molecule has 1 aliphatic heterocycles. The van der Waals surface area contributed by atoms with E-state index in [1.165, 1.54) is 24.2 Å². The Balaban J connectivity index is 1.60. The minimum Gasteiger partial charge on any atom is -0.490 e. The molecule has 130 valence electrons. The van der Waals surface area contributed by atoms with Crippen LogP contribution in [0.1, 0.15) is 42.5 Å². The lowest BCUT2D eigenvalue weighted by Gasteiger charge is -2.31. The average Bonchev–Trinajstić information content (AvgIpc) is 2.63. The highest BCUT2D eigenvalue weighted by Gasteiger charge is 2.29. The molecule has 24 heavy (non-hydrogen) atoms. The summed E-state index contributed by atoms with van der Waals surface area (Å²) in [4.78, 5) is 25.0. The van der Waals surface area contributed by atoms with Gasteiger partial charge in [0, 0.05) is 12.1 Å². The van der Waals surface area contributed by atoms with Crippen LogP contribution in [0, 0.1) is 0 Å². The van der Waals surface area contributed by atoms with Gasteiger partial charge in [0.1, 0.15) is 5.75 Å². The first-order chi connectivity index (χ1) is 11.6. The van der Waals surface area contributed by atoms with Crippen molar-refractivity contribution in [3.63, 3.8) is 0 Å². The summed E-state index contributed by atoms with van der Waals surface area (Å²) in [6.07, 6.45) is 5.21. The van der Waals surface area contributed by atoms with Crippen LogP contribution >= 0.6 is 0 Å². The molecule has 1 saturated carbocycles. The summed E-state index contributed by atoms with van der Waals surface area (Å²) in [5, 5.41) is 9.02. The monoisotopic (exact) mass is 333 g/mol. The first-order valence-electron chi connectivity index (χ1n) is 8.54. The highest BCUT2D eigenvalue weighted by Crippen LogP contribution is 2.24. The van der Waals surface area contributed by atoms with E-state index in [2.05, 4.69) is 0 Å². The van der Waals surface area contributed by atoms with Crippen molar-refractivity contribution < 1.29 is 24.2 Å². The number of carbonyl (C=O) groups is 2. The van der Waals surface area contributed by atoms with E-state index in [-0.39, 0.29) is 25.2 Å². The van der Waals surface area contributed by atoms with Crippen LogP contribution in [0.4, 0.5) is 0 Å². The van der Waals surface area contributed by atoms with Gasteiger partial charge in [-0.15, -0.1) is 0 Å². The minimum absolute atomic E-state index is 0.0779. The second-order valence-electron chi connectivity index (χ2n) is 6.35. The zero-order valence-electron chi connectivity index (χ0n) is 13.6. The summed E-state index contributed by atoms with van der Waals surface area (Å²) in [5.41, 5.74) is 0.539. The Morgan fingerprint density at radius 1 is 1.12 bits per heavy atom. The lowest BCUT2D eigenvalue weighted by atomic mass is 9.98. The Hall–Kier alpha value is -2.08. The van der Waals surface area contributed by atoms with Gasteiger partial charge in [0.25, 0.3) is 5.91 Å². The standard InChI is InChI=1S/C18H23NO5/c20-17(19-10-11-23-16(12-19)18(21)22)13-6-8-15(9-7-13)24-14-4-2-1-3-5-14/h6-9,14,16H,1-5,10-12H2,(H,21,22)/t16-/m1/s1. The van der Waals surface area contributed by atoms with Crippen molar-refractivity contribution in [1.29, 1.82) is 0 Å². The fourth-order valence-corrected chi connectivity index (χ4v) is 3.22. The summed E-state index contributed by atoms with van der Waals surface area (Å²) in [5.74, 6) is -0.429. The highest BCUT2D eigenvalue weighted by atomic mass is 16.5. The van der Waals surface area contributed by atoms with E-state index in [0.29, 0.717) is 12.1 Å². The zero-order chi connectivity index (χ0) is 16.9. The van der Waals surface area contributed by atoms with E-state index in [1.807, 2.05) is 12.1 Å². The van der Waals surface area contributed by atoms with Crippen molar-refractivity contribution in [3.8, 4) is 5.75 Å². The maximum atomic E-state index is 12.5. The van der Waals surface area contributed by atoms with Gasteiger partial charge in [-0.05, 0) is 49.9 Å². The summed E-state index contributed by atoms with van der Waals surface area (Å²) >= 11 is 0. The largest absolute Gasteiger partial charge is 0.490 e. The second kappa shape index (κ2) is 7.66. The van der Waals surface area contributed by atoms with Crippen molar-refractivity contribution in [2.75, 3.05) is 19.7 Å². The summed E-state index contributed by atoms with van der Waals surface area (Å²) in [6.45, 7) is 0.725. The molecule has 1 aromatic carbocycles. The molecular weight excluding hydrogens is 310 g/mol. The number of amides is 1. The van der Waals surface area contributed by atoms with Crippen LogP contribution in [0.15, 0.2) is 24.3 Å². The van der Waals surface area contributed by atoms with Gasteiger partial charge in [0.05, 0.1) is 19.3 Å². The number of ether oxygens (including phenoxy) is 2. The first-order valence-corrected chi connectivity index (χ1v) is 8.54. The Morgan fingerprint density at radius 2 is 1.83 bits per heavy atom. The Bertz CT molecular complexity index is 580. The molecule has 6 nitrogen and oxygen atoms in total. The fraction of sp³-hybridized carbons (Fsp3) is 0.556. The molecule has 1 aromatic rings. The topological polar surface area (TPSA) is 76.1 Å². The molecule has 1 N–H and O–H groups in total. The molecule has 2 fully saturated rings. The fourth-order valence-electron chi connectivity index (χ4n) is 3.22. The first kappa shape index (κ1) is 16.8. The number of benzene rings is 1. The maximum absolute atomic E-state index is 12.5. The molecule has 1 aliphatic carbocycles. The van der Waals surface area contributed by atoms with Gasteiger partial charge in [-0.3, -0.25) is 4.79 Å². The predicted molar refractivity (Wildman–Crippen MR) is 87.2 cm³/mol. The van der Waals surface area contributed by atoms with E-state index in [1.54, 1.807) is 12.1 Å². The summed E-state index contributed by atoms with van der Waals surface area (Å²) in [7, 11) is 0. The number of carboxylic acid groups (broad SMARTS) is 1. The van der Waals surface area contributed by atoms with Gasteiger partial charge in [-0.2, -0.15) is 0 Å². The molecule has 0 spiro atoms. The Morgan fingerprint density at radius 3 is 2.50 bits per heavy atom.